The summed E-state index contributed by atoms with van der Waals surface area (Å²) in [6.07, 6.45) is 0.0248. The van der Waals surface area contributed by atoms with E-state index in [-0.39, 0.29) is 16.4 Å². The standard InChI is InChI=1S/C9H11Cl2N3O2/c10-8-3-7(9(11)14-13-8)16-5-6-4-12-1-2-15-6/h3,6,12H,1-2,4-5H2. The lowest BCUT2D eigenvalue weighted by atomic mass is 10.3. The lowest BCUT2D eigenvalue weighted by molar-refractivity contribution is 0.000121. The number of ether oxygens (including phenoxy) is 2. The first-order valence-electron chi connectivity index (χ1n) is 4.89. The average molecular weight is 264 g/mol. The molecule has 0 spiro atoms. The highest BCUT2D eigenvalue weighted by Gasteiger charge is 2.15. The van der Waals surface area contributed by atoms with Crippen LogP contribution in [0.5, 0.6) is 5.75 Å². The van der Waals surface area contributed by atoms with Crippen molar-refractivity contribution >= 4 is 23.2 Å². The highest BCUT2D eigenvalue weighted by Crippen LogP contribution is 2.23. The van der Waals surface area contributed by atoms with Gasteiger partial charge >= 0.3 is 0 Å². The Morgan fingerprint density at radius 1 is 1.50 bits per heavy atom. The summed E-state index contributed by atoms with van der Waals surface area (Å²) in [6.45, 7) is 2.75. The van der Waals surface area contributed by atoms with E-state index in [4.69, 9.17) is 32.7 Å². The summed E-state index contributed by atoms with van der Waals surface area (Å²) in [4.78, 5) is 0. The normalized spacial score (nSPS) is 20.8. The van der Waals surface area contributed by atoms with Gasteiger partial charge in [0, 0.05) is 19.2 Å². The van der Waals surface area contributed by atoms with Crippen LogP contribution < -0.4 is 10.1 Å². The Hall–Kier alpha value is -0.620. The molecule has 1 atom stereocenters. The van der Waals surface area contributed by atoms with Crippen LogP contribution in [0.25, 0.3) is 0 Å². The van der Waals surface area contributed by atoms with Crippen molar-refractivity contribution in [3.8, 4) is 5.75 Å². The van der Waals surface area contributed by atoms with E-state index in [1.165, 1.54) is 6.07 Å². The number of morpholine rings is 1. The fourth-order valence-electron chi connectivity index (χ4n) is 1.35. The molecule has 1 saturated heterocycles. The highest BCUT2D eigenvalue weighted by molar-refractivity contribution is 6.32. The predicted octanol–water partition coefficient (Wildman–Crippen LogP) is 1.15. The van der Waals surface area contributed by atoms with Gasteiger partial charge in [0.05, 0.1) is 6.61 Å². The first kappa shape index (κ1) is 11.9. The molecule has 0 radical (unpaired) electrons. The number of hydrogen-bond acceptors (Lipinski definition) is 5. The van der Waals surface area contributed by atoms with Crippen molar-refractivity contribution in [2.24, 2.45) is 0 Å². The van der Waals surface area contributed by atoms with Crippen molar-refractivity contribution in [3.05, 3.63) is 16.4 Å². The molecule has 0 bridgehead atoms. The van der Waals surface area contributed by atoms with Gasteiger partial charge in [0.15, 0.2) is 16.1 Å². The van der Waals surface area contributed by atoms with Crippen LogP contribution in [0.15, 0.2) is 6.07 Å². The second-order valence-electron chi connectivity index (χ2n) is 3.33. The number of nitrogens with zero attached hydrogens (tertiary/aromatic N) is 2. The molecule has 1 N–H and O–H groups in total. The van der Waals surface area contributed by atoms with Gasteiger partial charge in [0.2, 0.25) is 0 Å². The number of aromatic nitrogens is 2. The summed E-state index contributed by atoms with van der Waals surface area (Å²) in [5, 5.41) is 10.9. The van der Waals surface area contributed by atoms with Crippen LogP contribution in [0.3, 0.4) is 0 Å². The molecule has 5 nitrogen and oxygen atoms in total. The summed E-state index contributed by atoms with van der Waals surface area (Å²) in [6, 6.07) is 1.53. The predicted molar refractivity (Wildman–Crippen MR) is 60.2 cm³/mol. The largest absolute Gasteiger partial charge is 0.487 e. The molecule has 1 aliphatic heterocycles. The van der Waals surface area contributed by atoms with Crippen molar-refractivity contribution in [1.29, 1.82) is 0 Å². The number of hydrogen-bond donors (Lipinski definition) is 1. The minimum atomic E-state index is 0.0248. The fraction of sp³-hybridized carbons (Fsp3) is 0.556. The van der Waals surface area contributed by atoms with Crippen LogP contribution in [0.2, 0.25) is 10.3 Å². The van der Waals surface area contributed by atoms with Crippen LogP contribution >= 0.6 is 23.2 Å². The van der Waals surface area contributed by atoms with Gasteiger partial charge in [-0.3, -0.25) is 0 Å². The van der Waals surface area contributed by atoms with Gasteiger partial charge in [0.25, 0.3) is 0 Å². The Morgan fingerprint density at radius 2 is 2.38 bits per heavy atom. The molecule has 1 unspecified atom stereocenters. The maximum Gasteiger partial charge on any atom is 0.193 e. The maximum absolute atomic E-state index is 5.80. The lowest BCUT2D eigenvalue weighted by Gasteiger charge is -2.23. The van der Waals surface area contributed by atoms with Crippen LogP contribution in [0.4, 0.5) is 0 Å². The van der Waals surface area contributed by atoms with E-state index in [1.54, 1.807) is 0 Å². The zero-order valence-electron chi connectivity index (χ0n) is 8.45. The third kappa shape index (κ3) is 3.18. The molecule has 0 saturated carbocycles. The molecule has 2 rings (SSSR count). The van der Waals surface area contributed by atoms with Crippen molar-refractivity contribution in [3.63, 3.8) is 0 Å². The van der Waals surface area contributed by atoms with Gasteiger partial charge in [-0.05, 0) is 0 Å². The van der Waals surface area contributed by atoms with E-state index < -0.39 is 0 Å². The maximum atomic E-state index is 5.80. The minimum absolute atomic E-state index is 0.0248. The summed E-state index contributed by atoms with van der Waals surface area (Å²) in [5.41, 5.74) is 0. The van der Waals surface area contributed by atoms with Gasteiger partial charge in [-0.2, -0.15) is 0 Å². The van der Waals surface area contributed by atoms with E-state index >= 15 is 0 Å². The van der Waals surface area contributed by atoms with E-state index in [2.05, 4.69) is 15.5 Å². The molecule has 2 heterocycles. The molecular weight excluding hydrogens is 253 g/mol. The fourth-order valence-corrected chi connectivity index (χ4v) is 1.63. The molecule has 16 heavy (non-hydrogen) atoms. The summed E-state index contributed by atoms with van der Waals surface area (Å²) in [5.74, 6) is 0.427. The van der Waals surface area contributed by atoms with Gasteiger partial charge in [-0.25, -0.2) is 0 Å². The average Bonchev–Trinajstić information content (AvgIpc) is 2.32. The Labute approximate surface area is 103 Å². The van der Waals surface area contributed by atoms with Crippen molar-refractivity contribution in [2.45, 2.75) is 6.10 Å². The van der Waals surface area contributed by atoms with Crippen molar-refractivity contribution in [1.82, 2.24) is 15.5 Å². The van der Waals surface area contributed by atoms with Gasteiger partial charge in [-0.1, -0.05) is 23.2 Å². The van der Waals surface area contributed by atoms with E-state index in [0.717, 1.165) is 13.1 Å². The second-order valence-corrected chi connectivity index (χ2v) is 4.08. The third-order valence-corrected chi connectivity index (χ3v) is 2.56. The van der Waals surface area contributed by atoms with Crippen LogP contribution in [-0.4, -0.2) is 42.6 Å². The second kappa shape index (κ2) is 5.63. The first-order chi connectivity index (χ1) is 7.75. The molecule has 1 aromatic rings. The van der Waals surface area contributed by atoms with Crippen LogP contribution in [0, 0.1) is 0 Å². The molecule has 0 aliphatic carbocycles. The van der Waals surface area contributed by atoms with Gasteiger partial charge < -0.3 is 14.8 Å². The van der Waals surface area contributed by atoms with Crippen LogP contribution in [-0.2, 0) is 4.74 Å². The Morgan fingerprint density at radius 3 is 3.12 bits per heavy atom. The molecule has 1 fully saturated rings. The SMILES string of the molecule is Clc1cc(OCC2CNCCO2)c(Cl)nn1. The molecule has 1 aliphatic rings. The summed E-state index contributed by atoms with van der Waals surface area (Å²) in [7, 11) is 0. The Bertz CT molecular complexity index is 359. The van der Waals surface area contributed by atoms with Gasteiger partial charge in [0.1, 0.15) is 12.7 Å². The van der Waals surface area contributed by atoms with E-state index in [0.29, 0.717) is 19.0 Å². The summed E-state index contributed by atoms with van der Waals surface area (Å²) >= 11 is 11.5. The lowest BCUT2D eigenvalue weighted by Crippen LogP contribution is -2.41. The van der Waals surface area contributed by atoms with E-state index in [1.807, 2.05) is 0 Å². The van der Waals surface area contributed by atoms with E-state index in [9.17, 15) is 0 Å². The quantitative estimate of drug-likeness (QED) is 0.887. The van der Waals surface area contributed by atoms with Gasteiger partial charge in [-0.15, -0.1) is 10.2 Å². The zero-order chi connectivity index (χ0) is 11.4. The highest BCUT2D eigenvalue weighted by atomic mass is 35.5. The monoisotopic (exact) mass is 263 g/mol. The summed E-state index contributed by atoms with van der Waals surface area (Å²) < 4.78 is 10.9. The molecule has 0 aromatic carbocycles. The molecule has 88 valence electrons. The smallest absolute Gasteiger partial charge is 0.193 e. The number of rotatable bonds is 3. The Kier molecular flexibility index (Phi) is 4.17. The van der Waals surface area contributed by atoms with Crippen molar-refractivity contribution in [2.75, 3.05) is 26.3 Å². The molecular formula is C9H11Cl2N3O2. The number of halogens is 2. The molecule has 1 aromatic heterocycles. The molecule has 7 heteroatoms. The topological polar surface area (TPSA) is 56.3 Å². The van der Waals surface area contributed by atoms with Crippen molar-refractivity contribution < 1.29 is 9.47 Å². The van der Waals surface area contributed by atoms with Crippen LogP contribution in [0.1, 0.15) is 0 Å². The molecule has 0 amide bonds. The third-order valence-electron chi connectivity index (χ3n) is 2.12. The first-order valence-corrected chi connectivity index (χ1v) is 5.65. The Balaban J connectivity index is 1.90. The minimum Gasteiger partial charge on any atom is -0.487 e. The number of nitrogens with one attached hydrogen (secondary N) is 1. The zero-order valence-corrected chi connectivity index (χ0v) is 9.96.